The molecule has 2 N–H and O–H groups in total. The van der Waals surface area contributed by atoms with Crippen molar-refractivity contribution < 1.29 is 14.6 Å². The zero-order chi connectivity index (χ0) is 19.9. The second-order valence-electron chi connectivity index (χ2n) is 7.35. The van der Waals surface area contributed by atoms with E-state index in [-0.39, 0.29) is 18.6 Å². The molecule has 28 heavy (non-hydrogen) atoms. The van der Waals surface area contributed by atoms with E-state index in [4.69, 9.17) is 4.74 Å². The van der Waals surface area contributed by atoms with Crippen LogP contribution in [-0.4, -0.2) is 70.0 Å². The maximum absolute atomic E-state index is 12.1. The van der Waals surface area contributed by atoms with Crippen LogP contribution in [0.4, 0.5) is 0 Å². The molecule has 3 rings (SSSR count). The summed E-state index contributed by atoms with van der Waals surface area (Å²) in [5, 5.41) is 16.3. The van der Waals surface area contributed by atoms with E-state index in [1.807, 2.05) is 0 Å². The number of aromatic amines is 1. The van der Waals surface area contributed by atoms with Crippen LogP contribution in [0.5, 0.6) is 0 Å². The fourth-order valence-corrected chi connectivity index (χ4v) is 3.71. The summed E-state index contributed by atoms with van der Waals surface area (Å²) in [5.74, 6) is -0.361. The number of H-pyrrole nitrogens is 1. The zero-order valence-corrected chi connectivity index (χ0v) is 16.7. The van der Waals surface area contributed by atoms with Gasteiger partial charge in [0.05, 0.1) is 12.8 Å². The predicted molar refractivity (Wildman–Crippen MR) is 107 cm³/mol. The van der Waals surface area contributed by atoms with Crippen molar-refractivity contribution in [3.8, 4) is 0 Å². The van der Waals surface area contributed by atoms with Crippen LogP contribution in [0.15, 0.2) is 30.5 Å². The summed E-state index contributed by atoms with van der Waals surface area (Å²) in [6, 6.07) is 8.91. The quantitative estimate of drug-likeness (QED) is 0.675. The summed E-state index contributed by atoms with van der Waals surface area (Å²) >= 11 is 0. The van der Waals surface area contributed by atoms with Crippen LogP contribution in [-0.2, 0) is 17.8 Å². The van der Waals surface area contributed by atoms with Crippen molar-refractivity contribution >= 4 is 5.97 Å². The average molecular weight is 386 g/mol. The van der Waals surface area contributed by atoms with Crippen LogP contribution in [0.1, 0.15) is 40.5 Å². The summed E-state index contributed by atoms with van der Waals surface area (Å²) in [6.45, 7) is 8.60. The SMILES string of the molecule is CCOC(=O)c1[nH]ncc1CN1CCN(Cc2ccc(C)cc2)[C@@H](CCO)C1. The Bertz CT molecular complexity index is 759. The van der Waals surface area contributed by atoms with Gasteiger partial charge in [-0.05, 0) is 25.8 Å². The third-order valence-electron chi connectivity index (χ3n) is 5.25. The molecule has 0 bridgehead atoms. The molecule has 1 aromatic heterocycles. The Labute approximate surface area is 166 Å². The normalized spacial score (nSPS) is 18.3. The number of carbonyl (C=O) groups excluding carboxylic acids is 1. The monoisotopic (exact) mass is 386 g/mol. The van der Waals surface area contributed by atoms with E-state index >= 15 is 0 Å². The topological polar surface area (TPSA) is 81.7 Å². The maximum atomic E-state index is 12.1. The van der Waals surface area contributed by atoms with Gasteiger partial charge in [-0.3, -0.25) is 14.9 Å². The summed E-state index contributed by atoms with van der Waals surface area (Å²) in [7, 11) is 0. The van der Waals surface area contributed by atoms with Crippen LogP contribution in [0.3, 0.4) is 0 Å². The standard InChI is InChI=1S/C21H30N4O3/c1-3-28-21(27)20-18(12-22-23-20)14-24-9-10-25(19(15-24)8-11-26)13-17-6-4-16(2)5-7-17/h4-7,12,19,26H,3,8-11,13-15H2,1-2H3,(H,22,23)/t19-/m0/s1. The first-order chi connectivity index (χ1) is 13.6. The van der Waals surface area contributed by atoms with E-state index in [1.165, 1.54) is 11.1 Å². The molecule has 1 saturated heterocycles. The van der Waals surface area contributed by atoms with Gasteiger partial charge in [0.15, 0.2) is 0 Å². The molecule has 1 aliphatic rings. The van der Waals surface area contributed by atoms with E-state index in [0.717, 1.165) is 38.2 Å². The largest absolute Gasteiger partial charge is 0.461 e. The molecule has 7 heteroatoms. The first-order valence-corrected chi connectivity index (χ1v) is 9.93. The van der Waals surface area contributed by atoms with Crippen molar-refractivity contribution in [1.82, 2.24) is 20.0 Å². The van der Waals surface area contributed by atoms with Gasteiger partial charge >= 0.3 is 5.97 Å². The number of nitrogens with one attached hydrogen (secondary N) is 1. The van der Waals surface area contributed by atoms with Gasteiger partial charge in [0.2, 0.25) is 0 Å². The molecular weight excluding hydrogens is 356 g/mol. The number of aliphatic hydroxyl groups is 1. The van der Waals surface area contributed by atoms with Crippen LogP contribution < -0.4 is 0 Å². The second kappa shape index (κ2) is 9.82. The van der Waals surface area contributed by atoms with Gasteiger partial charge in [-0.2, -0.15) is 5.10 Å². The summed E-state index contributed by atoms with van der Waals surface area (Å²) in [4.78, 5) is 16.8. The number of benzene rings is 1. The molecule has 1 aliphatic heterocycles. The van der Waals surface area contributed by atoms with Crippen molar-refractivity contribution in [3.05, 3.63) is 52.8 Å². The molecule has 1 fully saturated rings. The lowest BCUT2D eigenvalue weighted by molar-refractivity contribution is 0.0474. The second-order valence-corrected chi connectivity index (χ2v) is 7.35. The number of hydrogen-bond donors (Lipinski definition) is 2. The van der Waals surface area contributed by atoms with E-state index in [0.29, 0.717) is 18.8 Å². The first-order valence-electron chi connectivity index (χ1n) is 9.93. The van der Waals surface area contributed by atoms with Crippen molar-refractivity contribution in [2.24, 2.45) is 0 Å². The molecule has 0 amide bonds. The molecular formula is C21H30N4O3. The molecule has 0 spiro atoms. The third kappa shape index (κ3) is 5.19. The fraction of sp³-hybridized carbons (Fsp3) is 0.524. The van der Waals surface area contributed by atoms with Gasteiger partial charge in [-0.15, -0.1) is 0 Å². The van der Waals surface area contributed by atoms with E-state index in [1.54, 1.807) is 13.1 Å². The fourth-order valence-electron chi connectivity index (χ4n) is 3.71. The molecule has 1 aromatic carbocycles. The lowest BCUT2D eigenvalue weighted by Gasteiger charge is -2.41. The Kier molecular flexibility index (Phi) is 7.19. The van der Waals surface area contributed by atoms with E-state index < -0.39 is 0 Å². The highest BCUT2D eigenvalue weighted by Gasteiger charge is 2.28. The zero-order valence-electron chi connectivity index (χ0n) is 16.7. The van der Waals surface area contributed by atoms with Crippen LogP contribution in [0.25, 0.3) is 0 Å². The van der Waals surface area contributed by atoms with Gasteiger partial charge in [-0.25, -0.2) is 4.79 Å². The van der Waals surface area contributed by atoms with Gasteiger partial charge in [-0.1, -0.05) is 29.8 Å². The van der Waals surface area contributed by atoms with Crippen LogP contribution >= 0.6 is 0 Å². The minimum atomic E-state index is -0.361. The van der Waals surface area contributed by atoms with Crippen LogP contribution in [0.2, 0.25) is 0 Å². The van der Waals surface area contributed by atoms with Crippen molar-refractivity contribution in [2.45, 2.75) is 39.4 Å². The number of ether oxygens (including phenoxy) is 1. The minimum absolute atomic E-state index is 0.169. The molecule has 0 aliphatic carbocycles. The molecule has 1 atom stereocenters. The Hall–Kier alpha value is -2.22. The first kappa shape index (κ1) is 20.5. The van der Waals surface area contributed by atoms with E-state index in [9.17, 15) is 9.90 Å². The number of aryl methyl sites for hydroxylation is 1. The van der Waals surface area contributed by atoms with Crippen LogP contribution in [0, 0.1) is 6.92 Å². The lowest BCUT2D eigenvalue weighted by atomic mass is 10.1. The Balaban J connectivity index is 1.63. The smallest absolute Gasteiger partial charge is 0.356 e. The minimum Gasteiger partial charge on any atom is -0.461 e. The average Bonchev–Trinajstić information content (AvgIpc) is 3.14. The van der Waals surface area contributed by atoms with Gasteiger partial charge in [0.1, 0.15) is 5.69 Å². The third-order valence-corrected chi connectivity index (χ3v) is 5.25. The van der Waals surface area contributed by atoms with Crippen molar-refractivity contribution in [3.63, 3.8) is 0 Å². The number of rotatable bonds is 8. The number of nitrogens with zero attached hydrogens (tertiary/aromatic N) is 3. The summed E-state index contributed by atoms with van der Waals surface area (Å²) in [5.41, 5.74) is 3.84. The number of aliphatic hydroxyl groups excluding tert-OH is 1. The molecule has 0 saturated carbocycles. The number of aromatic nitrogens is 2. The molecule has 0 unspecified atom stereocenters. The Morgan fingerprint density at radius 3 is 2.79 bits per heavy atom. The van der Waals surface area contributed by atoms with Gasteiger partial charge in [0, 0.05) is 50.9 Å². The molecule has 0 radical (unpaired) electrons. The molecule has 2 heterocycles. The predicted octanol–water partition coefficient (Wildman–Crippen LogP) is 1.96. The number of carbonyl (C=O) groups is 1. The number of hydrogen-bond acceptors (Lipinski definition) is 6. The molecule has 152 valence electrons. The highest BCUT2D eigenvalue weighted by molar-refractivity contribution is 5.88. The number of piperazine rings is 1. The number of esters is 1. The van der Waals surface area contributed by atoms with Crippen molar-refractivity contribution in [1.29, 1.82) is 0 Å². The molecule has 7 nitrogen and oxygen atoms in total. The van der Waals surface area contributed by atoms with E-state index in [2.05, 4.69) is 51.2 Å². The Morgan fingerprint density at radius 1 is 1.29 bits per heavy atom. The Morgan fingerprint density at radius 2 is 2.07 bits per heavy atom. The summed E-state index contributed by atoms with van der Waals surface area (Å²) in [6.07, 6.45) is 2.43. The molecule has 2 aromatic rings. The highest BCUT2D eigenvalue weighted by atomic mass is 16.5. The highest BCUT2D eigenvalue weighted by Crippen LogP contribution is 2.19. The lowest BCUT2D eigenvalue weighted by Crippen LogP contribution is -2.52. The van der Waals surface area contributed by atoms with Gasteiger partial charge in [0.25, 0.3) is 0 Å². The van der Waals surface area contributed by atoms with Gasteiger partial charge < -0.3 is 9.84 Å². The summed E-state index contributed by atoms with van der Waals surface area (Å²) < 4.78 is 5.10. The maximum Gasteiger partial charge on any atom is 0.356 e. The van der Waals surface area contributed by atoms with Crippen molar-refractivity contribution in [2.75, 3.05) is 32.8 Å².